The van der Waals surface area contributed by atoms with E-state index in [0.717, 1.165) is 24.3 Å². The van der Waals surface area contributed by atoms with E-state index >= 15 is 0 Å². The first kappa shape index (κ1) is 25.7. The number of aromatic nitrogens is 2. The number of halogens is 3. The van der Waals surface area contributed by atoms with Crippen molar-refractivity contribution in [1.82, 2.24) is 15.3 Å². The molecule has 2 atom stereocenters. The summed E-state index contributed by atoms with van der Waals surface area (Å²) in [5.74, 6) is -3.67. The van der Waals surface area contributed by atoms with E-state index in [1.54, 1.807) is 6.07 Å². The second-order valence-corrected chi connectivity index (χ2v) is 8.83. The number of amides is 2. The van der Waals surface area contributed by atoms with Crippen LogP contribution in [0.2, 0.25) is 0 Å². The van der Waals surface area contributed by atoms with Crippen molar-refractivity contribution in [2.24, 2.45) is 5.92 Å². The van der Waals surface area contributed by atoms with Gasteiger partial charge in [-0.15, -0.1) is 0 Å². The minimum atomic E-state index is -1.12. The van der Waals surface area contributed by atoms with E-state index in [4.69, 9.17) is 5.11 Å². The highest BCUT2D eigenvalue weighted by molar-refractivity contribution is 6.04. The topological polar surface area (TPSA) is 107 Å². The fourth-order valence-corrected chi connectivity index (χ4v) is 4.45. The number of nitrogens with zero attached hydrogens (tertiary/aromatic N) is 3. The molecule has 0 spiro atoms. The van der Waals surface area contributed by atoms with Gasteiger partial charge in [-0.3, -0.25) is 9.78 Å². The number of pyridine rings is 2. The number of hydrogen-bond acceptors (Lipinski definition) is 5. The first-order valence-corrected chi connectivity index (χ1v) is 11.4. The Hall–Kier alpha value is -4.41. The summed E-state index contributed by atoms with van der Waals surface area (Å²) in [6.07, 6.45) is 3.75. The SMILES string of the molecule is C=Cc1cc(F)c(-c2nc(C(=O)Nc3cnccc3N3CC(C)CC(NC(=O)O)C3)ccc2F)c(F)c1. The minimum Gasteiger partial charge on any atom is -0.465 e. The Morgan fingerprint density at radius 1 is 1.14 bits per heavy atom. The Kier molecular flexibility index (Phi) is 7.42. The number of carboxylic acid groups (broad SMARTS) is 1. The van der Waals surface area contributed by atoms with Crippen molar-refractivity contribution in [2.75, 3.05) is 23.3 Å². The van der Waals surface area contributed by atoms with Crippen molar-refractivity contribution in [1.29, 1.82) is 0 Å². The van der Waals surface area contributed by atoms with Gasteiger partial charge in [0.05, 0.1) is 23.1 Å². The monoisotopic (exact) mass is 511 g/mol. The summed E-state index contributed by atoms with van der Waals surface area (Å²) in [6, 6.07) is 5.38. The van der Waals surface area contributed by atoms with Crippen LogP contribution in [-0.4, -0.2) is 46.2 Å². The fourth-order valence-electron chi connectivity index (χ4n) is 4.45. The van der Waals surface area contributed by atoms with Crippen molar-refractivity contribution < 1.29 is 27.9 Å². The van der Waals surface area contributed by atoms with Crippen molar-refractivity contribution >= 4 is 29.5 Å². The van der Waals surface area contributed by atoms with E-state index in [-0.39, 0.29) is 23.2 Å². The maximum Gasteiger partial charge on any atom is 0.404 e. The van der Waals surface area contributed by atoms with Crippen molar-refractivity contribution in [2.45, 2.75) is 19.4 Å². The van der Waals surface area contributed by atoms with Crippen molar-refractivity contribution in [3.8, 4) is 11.3 Å². The number of hydrogen-bond donors (Lipinski definition) is 3. The number of carbonyl (C=O) groups excluding carboxylic acids is 1. The summed E-state index contributed by atoms with van der Waals surface area (Å²) in [5.41, 5.74) is -0.515. The molecule has 2 aromatic heterocycles. The van der Waals surface area contributed by atoms with E-state index in [9.17, 15) is 22.8 Å². The number of anilines is 2. The second kappa shape index (κ2) is 10.7. The predicted octanol–water partition coefficient (Wildman–Crippen LogP) is 4.94. The van der Waals surface area contributed by atoms with Gasteiger partial charge in [-0.25, -0.2) is 22.9 Å². The second-order valence-electron chi connectivity index (χ2n) is 8.83. The molecule has 37 heavy (non-hydrogen) atoms. The molecule has 3 heterocycles. The zero-order chi connectivity index (χ0) is 26.7. The van der Waals surface area contributed by atoms with E-state index in [1.807, 2.05) is 11.8 Å². The Labute approximate surface area is 210 Å². The average molecular weight is 512 g/mol. The van der Waals surface area contributed by atoms with E-state index in [1.165, 1.54) is 18.5 Å². The van der Waals surface area contributed by atoms with Crippen LogP contribution < -0.4 is 15.5 Å². The van der Waals surface area contributed by atoms with Crippen LogP contribution in [0.4, 0.5) is 29.3 Å². The lowest BCUT2D eigenvalue weighted by atomic mass is 9.95. The van der Waals surface area contributed by atoms with Crippen molar-refractivity contribution in [3.63, 3.8) is 0 Å². The molecule has 0 bridgehead atoms. The smallest absolute Gasteiger partial charge is 0.404 e. The van der Waals surface area contributed by atoms with Gasteiger partial charge in [0.25, 0.3) is 5.91 Å². The molecule has 11 heteroatoms. The van der Waals surface area contributed by atoms with Crippen LogP contribution in [0.15, 0.2) is 49.3 Å². The lowest BCUT2D eigenvalue weighted by molar-refractivity contribution is 0.102. The lowest BCUT2D eigenvalue weighted by Crippen LogP contribution is -2.50. The van der Waals surface area contributed by atoms with Crippen LogP contribution >= 0.6 is 0 Å². The third kappa shape index (κ3) is 5.71. The summed E-state index contributed by atoms with van der Waals surface area (Å²) in [7, 11) is 0. The number of rotatable bonds is 6. The van der Waals surface area contributed by atoms with Crippen LogP contribution in [-0.2, 0) is 0 Å². The minimum absolute atomic E-state index is 0.168. The van der Waals surface area contributed by atoms with Gasteiger partial charge < -0.3 is 20.6 Å². The van der Waals surface area contributed by atoms with E-state index in [2.05, 4.69) is 27.2 Å². The maximum absolute atomic E-state index is 14.6. The van der Waals surface area contributed by atoms with Gasteiger partial charge in [0.1, 0.15) is 28.8 Å². The zero-order valence-corrected chi connectivity index (χ0v) is 19.8. The maximum atomic E-state index is 14.6. The first-order valence-electron chi connectivity index (χ1n) is 11.4. The molecule has 0 radical (unpaired) electrons. The molecule has 1 aliphatic heterocycles. The van der Waals surface area contributed by atoms with Crippen LogP contribution in [0.1, 0.15) is 29.4 Å². The van der Waals surface area contributed by atoms with E-state index < -0.39 is 40.7 Å². The van der Waals surface area contributed by atoms with Crippen molar-refractivity contribution in [3.05, 3.63) is 78.0 Å². The Balaban J connectivity index is 1.62. The third-order valence-electron chi connectivity index (χ3n) is 5.99. The predicted molar refractivity (Wildman–Crippen MR) is 133 cm³/mol. The van der Waals surface area contributed by atoms with Gasteiger partial charge in [-0.2, -0.15) is 0 Å². The molecule has 1 aromatic carbocycles. The standard InChI is InChI=1S/C26H24F3N5O3/c1-3-15-9-18(28)23(19(29)10-15)24-17(27)4-5-20(32-24)25(35)33-21-11-30-7-6-22(21)34-12-14(2)8-16(13-34)31-26(36)37/h3-7,9-11,14,16,31H,1,8,12-13H2,2H3,(H,33,35)(H,36,37). The average Bonchev–Trinajstić information content (AvgIpc) is 2.84. The summed E-state index contributed by atoms with van der Waals surface area (Å²) in [5, 5.41) is 14.3. The van der Waals surface area contributed by atoms with Crippen LogP contribution in [0.3, 0.4) is 0 Å². The summed E-state index contributed by atoms with van der Waals surface area (Å²) in [6.45, 7) is 6.44. The molecular formula is C26H24F3N5O3. The van der Waals surface area contributed by atoms with E-state index in [0.29, 0.717) is 30.9 Å². The number of benzene rings is 1. The Morgan fingerprint density at radius 2 is 1.86 bits per heavy atom. The highest BCUT2D eigenvalue weighted by atomic mass is 19.1. The molecule has 2 unspecified atom stereocenters. The first-order chi connectivity index (χ1) is 17.7. The number of nitrogens with one attached hydrogen (secondary N) is 2. The van der Waals surface area contributed by atoms with Gasteiger partial charge in [0.2, 0.25) is 0 Å². The quantitative estimate of drug-likeness (QED) is 0.433. The van der Waals surface area contributed by atoms with Crippen LogP contribution in [0.5, 0.6) is 0 Å². The summed E-state index contributed by atoms with van der Waals surface area (Å²) in [4.78, 5) is 34.1. The molecule has 192 valence electrons. The highest BCUT2D eigenvalue weighted by Gasteiger charge is 2.28. The third-order valence-corrected chi connectivity index (χ3v) is 5.99. The molecule has 3 N–H and O–H groups in total. The molecule has 1 fully saturated rings. The Bertz CT molecular complexity index is 1340. The fraction of sp³-hybridized carbons (Fsp3) is 0.231. The molecule has 4 rings (SSSR count). The highest BCUT2D eigenvalue weighted by Crippen LogP contribution is 2.31. The molecule has 0 aliphatic carbocycles. The summed E-state index contributed by atoms with van der Waals surface area (Å²) < 4.78 is 43.7. The molecule has 8 nitrogen and oxygen atoms in total. The molecule has 3 aromatic rings. The van der Waals surface area contributed by atoms with Gasteiger partial charge in [0, 0.05) is 25.3 Å². The normalized spacial score (nSPS) is 17.2. The largest absolute Gasteiger partial charge is 0.465 e. The number of carbonyl (C=O) groups is 2. The van der Waals surface area contributed by atoms with Gasteiger partial charge >= 0.3 is 6.09 Å². The Morgan fingerprint density at radius 3 is 2.54 bits per heavy atom. The van der Waals surface area contributed by atoms with Gasteiger partial charge in [0.15, 0.2) is 0 Å². The van der Waals surface area contributed by atoms with Gasteiger partial charge in [-0.1, -0.05) is 19.6 Å². The number of piperidine rings is 1. The molecule has 2 amide bonds. The molecule has 1 aliphatic rings. The molecular weight excluding hydrogens is 487 g/mol. The summed E-state index contributed by atoms with van der Waals surface area (Å²) >= 11 is 0. The van der Waals surface area contributed by atoms with Crippen LogP contribution in [0, 0.1) is 23.4 Å². The lowest BCUT2D eigenvalue weighted by Gasteiger charge is -2.38. The van der Waals surface area contributed by atoms with Crippen LogP contribution in [0.25, 0.3) is 17.3 Å². The molecule has 1 saturated heterocycles. The zero-order valence-electron chi connectivity index (χ0n) is 19.8. The van der Waals surface area contributed by atoms with Gasteiger partial charge in [-0.05, 0) is 48.2 Å². The molecule has 0 saturated carbocycles.